The Balaban J connectivity index is 0.00000364. The van der Waals surface area contributed by atoms with Crippen LogP contribution in [0.4, 0.5) is 0 Å². The molecule has 9 heteroatoms. The molecular weight excluding hydrogens is 475 g/mol. The van der Waals surface area contributed by atoms with Crippen molar-refractivity contribution in [2.45, 2.75) is 45.9 Å². The Kier molecular flexibility index (Phi) is 11.6. The van der Waals surface area contributed by atoms with Gasteiger partial charge in [-0.15, -0.1) is 34.2 Å². The van der Waals surface area contributed by atoms with Gasteiger partial charge in [-0.1, -0.05) is 13.8 Å². The number of rotatable bonds is 8. The van der Waals surface area contributed by atoms with Crippen molar-refractivity contribution in [1.82, 2.24) is 25.0 Å². The molecule has 27 heavy (non-hydrogen) atoms. The van der Waals surface area contributed by atoms with Gasteiger partial charge in [0.05, 0.1) is 0 Å². The second kappa shape index (κ2) is 12.8. The largest absolute Gasteiger partial charge is 0.382 e. The first-order valence-corrected chi connectivity index (χ1v) is 10.6. The molecule has 0 bridgehead atoms. The molecule has 1 aromatic heterocycles. The second-order valence-corrected chi connectivity index (χ2v) is 8.29. The molecular formula is C18H35IN6OS. The molecule has 0 aliphatic carbocycles. The Bertz CT molecular complexity index is 580. The molecule has 7 nitrogen and oxygen atoms in total. The van der Waals surface area contributed by atoms with Crippen LogP contribution in [0, 0.1) is 12.8 Å². The first kappa shape index (κ1) is 24.5. The zero-order valence-corrected chi connectivity index (χ0v) is 20.4. The monoisotopic (exact) mass is 510 g/mol. The van der Waals surface area contributed by atoms with Crippen molar-refractivity contribution >= 4 is 41.7 Å². The van der Waals surface area contributed by atoms with Crippen molar-refractivity contribution in [3.63, 3.8) is 0 Å². The number of guanidine groups is 1. The highest BCUT2D eigenvalue weighted by Gasteiger charge is 2.25. The molecule has 1 aliphatic rings. The molecule has 0 amide bonds. The Morgan fingerprint density at radius 1 is 1.41 bits per heavy atom. The van der Waals surface area contributed by atoms with Gasteiger partial charge in [-0.05, 0) is 26.2 Å². The summed E-state index contributed by atoms with van der Waals surface area (Å²) in [5.74, 6) is 4.60. The molecule has 1 aliphatic heterocycles. The summed E-state index contributed by atoms with van der Waals surface area (Å²) < 4.78 is 7.44. The van der Waals surface area contributed by atoms with Gasteiger partial charge in [0.2, 0.25) is 0 Å². The van der Waals surface area contributed by atoms with E-state index in [0.717, 1.165) is 62.6 Å². The normalized spacial score (nSPS) is 17.9. The van der Waals surface area contributed by atoms with Gasteiger partial charge >= 0.3 is 0 Å². The van der Waals surface area contributed by atoms with Crippen molar-refractivity contribution in [2.24, 2.45) is 18.0 Å². The minimum Gasteiger partial charge on any atom is -0.382 e. The maximum Gasteiger partial charge on any atom is 0.194 e. The predicted molar refractivity (Wildman–Crippen MR) is 124 cm³/mol. The zero-order chi connectivity index (χ0) is 18.9. The molecule has 1 N–H and O–H groups in total. The van der Waals surface area contributed by atoms with Gasteiger partial charge in [0, 0.05) is 50.9 Å². The Hall–Kier alpha value is -0.550. The molecule has 0 aromatic carbocycles. The van der Waals surface area contributed by atoms with E-state index in [1.165, 1.54) is 0 Å². The van der Waals surface area contributed by atoms with Crippen LogP contribution in [-0.4, -0.2) is 69.5 Å². The van der Waals surface area contributed by atoms with E-state index in [1.807, 2.05) is 25.5 Å². The van der Waals surface area contributed by atoms with E-state index >= 15 is 0 Å². The van der Waals surface area contributed by atoms with Crippen LogP contribution in [-0.2, 0) is 18.3 Å². The third-order valence-electron chi connectivity index (χ3n) is 4.64. The molecule has 1 atom stereocenters. The van der Waals surface area contributed by atoms with E-state index in [4.69, 9.17) is 9.73 Å². The van der Waals surface area contributed by atoms with Crippen LogP contribution in [0.25, 0.3) is 0 Å². The number of nitrogens with one attached hydrogen (secondary N) is 1. The number of thioether (sulfide) groups is 1. The SMILES string of the molecule is CCOCCCNC(=NCc1nnc(C)n1C)N1CCSC(C(C)C)C1.I. The van der Waals surface area contributed by atoms with E-state index in [9.17, 15) is 0 Å². The number of nitrogens with zero attached hydrogens (tertiary/aromatic N) is 5. The number of halogens is 1. The van der Waals surface area contributed by atoms with Crippen molar-refractivity contribution in [2.75, 3.05) is 38.6 Å². The van der Waals surface area contributed by atoms with Crippen molar-refractivity contribution in [1.29, 1.82) is 0 Å². The maximum atomic E-state index is 5.44. The lowest BCUT2D eigenvalue weighted by Crippen LogP contribution is -2.49. The molecule has 0 saturated carbocycles. The van der Waals surface area contributed by atoms with E-state index in [1.54, 1.807) is 0 Å². The quantitative estimate of drug-likeness (QED) is 0.251. The molecule has 156 valence electrons. The van der Waals surface area contributed by atoms with E-state index < -0.39 is 0 Å². The van der Waals surface area contributed by atoms with E-state index in [-0.39, 0.29) is 24.0 Å². The van der Waals surface area contributed by atoms with Gasteiger partial charge in [-0.2, -0.15) is 11.8 Å². The number of aliphatic imine (C=N–C) groups is 1. The zero-order valence-electron chi connectivity index (χ0n) is 17.3. The standard InChI is InChI=1S/C18H34N6OS.HI/c1-6-25-10-7-8-19-18(20-12-17-22-21-15(4)23(17)5)24-9-11-26-16(13-24)14(2)3;/h14,16H,6-13H2,1-5H3,(H,19,20);1H. The minimum atomic E-state index is 0. The van der Waals surface area contributed by atoms with E-state index in [0.29, 0.717) is 17.7 Å². The fourth-order valence-corrected chi connectivity index (χ4v) is 4.09. The minimum absolute atomic E-state index is 0. The van der Waals surface area contributed by atoms with Crippen molar-refractivity contribution in [3.05, 3.63) is 11.6 Å². The van der Waals surface area contributed by atoms with Crippen LogP contribution in [0.3, 0.4) is 0 Å². The molecule has 1 fully saturated rings. The molecule has 1 unspecified atom stereocenters. The number of ether oxygens (including phenoxy) is 1. The number of aromatic nitrogens is 3. The summed E-state index contributed by atoms with van der Waals surface area (Å²) in [5.41, 5.74) is 0. The highest BCUT2D eigenvalue weighted by atomic mass is 127. The summed E-state index contributed by atoms with van der Waals surface area (Å²) in [6, 6.07) is 0. The van der Waals surface area contributed by atoms with Crippen LogP contribution >= 0.6 is 35.7 Å². The predicted octanol–water partition coefficient (Wildman–Crippen LogP) is 2.69. The van der Waals surface area contributed by atoms with Crippen molar-refractivity contribution < 1.29 is 4.74 Å². The summed E-state index contributed by atoms with van der Waals surface area (Å²) in [4.78, 5) is 7.26. The van der Waals surface area contributed by atoms with Crippen molar-refractivity contribution in [3.8, 4) is 0 Å². The lowest BCUT2D eigenvalue weighted by molar-refractivity contribution is 0.145. The Morgan fingerprint density at radius 2 is 2.19 bits per heavy atom. The Morgan fingerprint density at radius 3 is 2.81 bits per heavy atom. The van der Waals surface area contributed by atoms with Gasteiger partial charge in [0.25, 0.3) is 0 Å². The first-order valence-electron chi connectivity index (χ1n) is 9.60. The second-order valence-electron chi connectivity index (χ2n) is 6.94. The molecule has 1 saturated heterocycles. The number of aryl methyl sites for hydroxylation is 1. The smallest absolute Gasteiger partial charge is 0.194 e. The van der Waals surface area contributed by atoms with Crippen LogP contribution < -0.4 is 5.32 Å². The molecule has 0 radical (unpaired) electrons. The van der Waals surface area contributed by atoms with Gasteiger partial charge in [-0.3, -0.25) is 0 Å². The molecule has 2 heterocycles. The number of hydrogen-bond donors (Lipinski definition) is 1. The molecule has 0 spiro atoms. The van der Waals surface area contributed by atoms with Gasteiger partial charge in [-0.25, -0.2) is 4.99 Å². The lowest BCUT2D eigenvalue weighted by Gasteiger charge is -2.36. The maximum absolute atomic E-state index is 5.44. The summed E-state index contributed by atoms with van der Waals surface area (Å²) in [5, 5.41) is 12.5. The summed E-state index contributed by atoms with van der Waals surface area (Å²) in [7, 11) is 1.99. The van der Waals surface area contributed by atoms with Crippen LogP contribution in [0.2, 0.25) is 0 Å². The summed E-state index contributed by atoms with van der Waals surface area (Å²) >= 11 is 2.08. The van der Waals surface area contributed by atoms with E-state index in [2.05, 4.69) is 46.0 Å². The summed E-state index contributed by atoms with van der Waals surface area (Å²) in [6.07, 6.45) is 0.978. The summed E-state index contributed by atoms with van der Waals surface area (Å²) in [6.45, 7) is 13.6. The fourth-order valence-electron chi connectivity index (χ4n) is 2.79. The molecule has 2 rings (SSSR count). The topological polar surface area (TPSA) is 67.6 Å². The third kappa shape index (κ3) is 7.77. The first-order chi connectivity index (χ1) is 12.5. The Labute approximate surface area is 185 Å². The highest BCUT2D eigenvalue weighted by molar-refractivity contribution is 14.0. The van der Waals surface area contributed by atoms with Gasteiger partial charge in [0.1, 0.15) is 12.4 Å². The van der Waals surface area contributed by atoms with Crippen LogP contribution in [0.15, 0.2) is 4.99 Å². The average molecular weight is 510 g/mol. The lowest BCUT2D eigenvalue weighted by atomic mass is 10.1. The fraction of sp³-hybridized carbons (Fsp3) is 0.833. The average Bonchev–Trinajstić information content (AvgIpc) is 2.96. The van der Waals surface area contributed by atoms with Gasteiger partial charge in [0.15, 0.2) is 11.8 Å². The van der Waals surface area contributed by atoms with Crippen LogP contribution in [0.1, 0.15) is 38.8 Å². The third-order valence-corrected chi connectivity index (χ3v) is 6.18. The van der Waals surface area contributed by atoms with Crippen LogP contribution in [0.5, 0.6) is 0 Å². The number of hydrogen-bond acceptors (Lipinski definition) is 5. The highest BCUT2D eigenvalue weighted by Crippen LogP contribution is 2.24. The van der Waals surface area contributed by atoms with Gasteiger partial charge < -0.3 is 19.5 Å². The molecule has 1 aromatic rings.